The summed E-state index contributed by atoms with van der Waals surface area (Å²) in [7, 11) is 0. The van der Waals surface area contributed by atoms with Gasteiger partial charge in [-0.25, -0.2) is 4.79 Å². The number of ether oxygens (including phenoxy) is 1. The molecule has 2 aliphatic carbocycles. The second-order valence-corrected chi connectivity index (χ2v) is 7.08. The Hall–Kier alpha value is -2.34. The molecule has 0 radical (unpaired) electrons. The fourth-order valence-electron chi connectivity index (χ4n) is 3.99. The normalized spacial score (nSPS) is 29.9. The van der Waals surface area contributed by atoms with Gasteiger partial charge in [0.05, 0.1) is 13.1 Å². The van der Waals surface area contributed by atoms with E-state index in [1.807, 2.05) is 24.3 Å². The predicted molar refractivity (Wildman–Crippen MR) is 92.9 cm³/mol. The molecule has 0 spiro atoms. The molecule has 3 unspecified atom stereocenters. The van der Waals surface area contributed by atoms with Crippen LogP contribution in [0.4, 0.5) is 10.5 Å². The second kappa shape index (κ2) is 6.19. The van der Waals surface area contributed by atoms with Crippen LogP contribution in [0, 0.1) is 17.8 Å². The summed E-state index contributed by atoms with van der Waals surface area (Å²) in [5, 5.41) is 11.9. The van der Waals surface area contributed by atoms with E-state index in [-0.39, 0.29) is 24.7 Å². The van der Waals surface area contributed by atoms with Gasteiger partial charge in [-0.3, -0.25) is 9.69 Å². The van der Waals surface area contributed by atoms with E-state index in [0.717, 1.165) is 12.1 Å². The van der Waals surface area contributed by atoms with Gasteiger partial charge >= 0.3 is 6.09 Å². The largest absolute Gasteiger partial charge is 0.442 e. The third-order valence-electron chi connectivity index (χ3n) is 5.46. The third kappa shape index (κ3) is 3.02. The molecule has 0 aromatic heterocycles. The van der Waals surface area contributed by atoms with Gasteiger partial charge in [-0.2, -0.15) is 0 Å². The number of cyclic esters (lactones) is 1. The van der Waals surface area contributed by atoms with Crippen LogP contribution in [0.2, 0.25) is 0 Å². The first-order valence-corrected chi connectivity index (χ1v) is 8.71. The lowest BCUT2D eigenvalue weighted by molar-refractivity contribution is -0.119. The summed E-state index contributed by atoms with van der Waals surface area (Å²) >= 11 is 0. The molecule has 6 nitrogen and oxygen atoms in total. The Bertz CT molecular complexity index is 727. The Labute approximate surface area is 146 Å². The minimum atomic E-state index is -0.379. The molecule has 2 fully saturated rings. The van der Waals surface area contributed by atoms with Gasteiger partial charge in [-0.05, 0) is 47.4 Å². The number of nitrogens with zero attached hydrogens (tertiary/aromatic N) is 1. The van der Waals surface area contributed by atoms with E-state index in [0.29, 0.717) is 30.8 Å². The van der Waals surface area contributed by atoms with Crippen molar-refractivity contribution in [3.05, 3.63) is 35.9 Å². The van der Waals surface area contributed by atoms with Crippen molar-refractivity contribution in [3.63, 3.8) is 0 Å². The fraction of sp³-hybridized carbons (Fsp3) is 0.474. The molecule has 3 aliphatic rings. The lowest BCUT2D eigenvalue weighted by Crippen LogP contribution is -2.33. The number of fused-ring (bicyclic) bond motifs is 1. The van der Waals surface area contributed by atoms with Gasteiger partial charge in [0.2, 0.25) is 5.91 Å². The highest BCUT2D eigenvalue weighted by Crippen LogP contribution is 2.57. The number of aliphatic hydroxyl groups is 1. The van der Waals surface area contributed by atoms with E-state index in [2.05, 4.69) is 11.4 Å². The van der Waals surface area contributed by atoms with Crippen LogP contribution in [0.1, 0.15) is 18.9 Å². The van der Waals surface area contributed by atoms with Crippen molar-refractivity contribution in [1.82, 2.24) is 5.32 Å². The number of amides is 2. The Morgan fingerprint density at radius 1 is 1.36 bits per heavy atom. The number of anilines is 1. The van der Waals surface area contributed by atoms with E-state index in [4.69, 9.17) is 4.74 Å². The zero-order valence-corrected chi connectivity index (χ0v) is 14.1. The van der Waals surface area contributed by atoms with Crippen molar-refractivity contribution in [2.24, 2.45) is 17.8 Å². The first kappa shape index (κ1) is 16.1. The summed E-state index contributed by atoms with van der Waals surface area (Å²) in [5.41, 5.74) is 3.31. The van der Waals surface area contributed by atoms with Crippen molar-refractivity contribution < 1.29 is 19.4 Å². The average Bonchev–Trinajstić information content (AvgIpc) is 2.94. The van der Waals surface area contributed by atoms with E-state index in [9.17, 15) is 14.7 Å². The highest BCUT2D eigenvalue weighted by atomic mass is 16.6. The summed E-state index contributed by atoms with van der Waals surface area (Å²) in [6.07, 6.45) is 2.61. The maximum absolute atomic E-state index is 12.0. The van der Waals surface area contributed by atoms with Gasteiger partial charge in [0, 0.05) is 19.2 Å². The van der Waals surface area contributed by atoms with E-state index < -0.39 is 0 Å². The van der Waals surface area contributed by atoms with E-state index >= 15 is 0 Å². The van der Waals surface area contributed by atoms with Crippen molar-refractivity contribution in [2.45, 2.75) is 19.4 Å². The molecule has 2 N–H and O–H groups in total. The number of hydrogen-bond donors (Lipinski definition) is 2. The van der Waals surface area contributed by atoms with Crippen LogP contribution in [0.15, 0.2) is 30.3 Å². The van der Waals surface area contributed by atoms with Gasteiger partial charge < -0.3 is 15.2 Å². The zero-order valence-electron chi connectivity index (χ0n) is 14.1. The Balaban J connectivity index is 1.40. The highest BCUT2D eigenvalue weighted by molar-refractivity contribution is 5.90. The molecule has 2 amide bonds. The van der Waals surface area contributed by atoms with Crippen molar-refractivity contribution in [2.75, 3.05) is 24.6 Å². The fourth-order valence-corrected chi connectivity index (χ4v) is 3.99. The quantitative estimate of drug-likeness (QED) is 0.855. The molecule has 4 rings (SSSR count). The summed E-state index contributed by atoms with van der Waals surface area (Å²) in [6.45, 7) is 2.49. The monoisotopic (exact) mass is 342 g/mol. The van der Waals surface area contributed by atoms with Gasteiger partial charge in [-0.1, -0.05) is 18.2 Å². The number of nitrogens with one attached hydrogen (secondary N) is 1. The van der Waals surface area contributed by atoms with Crippen LogP contribution in [0.5, 0.6) is 0 Å². The molecule has 4 atom stereocenters. The number of rotatable bonds is 5. The predicted octanol–water partition coefficient (Wildman–Crippen LogP) is 1.79. The molecule has 0 bridgehead atoms. The number of hydrogen-bond acceptors (Lipinski definition) is 4. The Kier molecular flexibility index (Phi) is 4.00. The van der Waals surface area contributed by atoms with Crippen LogP contribution in [-0.4, -0.2) is 42.9 Å². The summed E-state index contributed by atoms with van der Waals surface area (Å²) < 4.78 is 5.29. The average molecular weight is 342 g/mol. The van der Waals surface area contributed by atoms with Crippen LogP contribution in [-0.2, 0) is 9.53 Å². The van der Waals surface area contributed by atoms with E-state index in [1.165, 1.54) is 18.1 Å². The maximum Gasteiger partial charge on any atom is 0.414 e. The molecule has 25 heavy (non-hydrogen) atoms. The smallest absolute Gasteiger partial charge is 0.414 e. The van der Waals surface area contributed by atoms with Gasteiger partial charge in [0.25, 0.3) is 0 Å². The Morgan fingerprint density at radius 3 is 2.72 bits per heavy atom. The molecular formula is C19H22N2O4. The molecule has 1 aliphatic heterocycles. The second-order valence-electron chi connectivity index (χ2n) is 7.08. The number of aliphatic hydroxyl groups excluding tert-OH is 1. The number of allylic oxidation sites excluding steroid dienone is 2. The zero-order chi connectivity index (χ0) is 17.6. The van der Waals surface area contributed by atoms with Crippen molar-refractivity contribution >= 4 is 23.3 Å². The standard InChI is InChI=1S/C19H22N2O4/c1-11(23)20-8-15-9-21(19(24)25-15)14-4-2-12(3-5-14)13-6-16-17(7-13)18(16)10-22/h2-6,15-18,22H,7-10H2,1H3,(H,20,23)/t15-,16?,17?,18?/m0/s1. The topological polar surface area (TPSA) is 78.9 Å². The Morgan fingerprint density at radius 2 is 2.12 bits per heavy atom. The summed E-state index contributed by atoms with van der Waals surface area (Å²) in [6, 6.07) is 7.94. The number of carbonyl (C=O) groups excluding carboxylic acids is 2. The molecule has 1 saturated heterocycles. The van der Waals surface area contributed by atoms with Crippen LogP contribution < -0.4 is 10.2 Å². The lowest BCUT2D eigenvalue weighted by Gasteiger charge is -2.14. The molecule has 1 saturated carbocycles. The third-order valence-corrected chi connectivity index (χ3v) is 5.46. The summed E-state index contributed by atoms with van der Waals surface area (Å²) in [5.74, 6) is 1.48. The lowest BCUT2D eigenvalue weighted by atomic mass is 10.0. The first-order valence-electron chi connectivity index (χ1n) is 8.71. The van der Waals surface area contributed by atoms with Gasteiger partial charge in [-0.15, -0.1) is 0 Å². The van der Waals surface area contributed by atoms with E-state index in [1.54, 1.807) is 4.90 Å². The highest BCUT2D eigenvalue weighted by Gasteiger charge is 2.51. The minimum absolute atomic E-state index is 0.134. The summed E-state index contributed by atoms with van der Waals surface area (Å²) in [4.78, 5) is 24.6. The first-order chi connectivity index (χ1) is 12.1. The molecular weight excluding hydrogens is 320 g/mol. The van der Waals surface area contributed by atoms with Crippen LogP contribution in [0.25, 0.3) is 5.57 Å². The maximum atomic E-state index is 12.0. The number of benzene rings is 1. The van der Waals surface area contributed by atoms with Crippen LogP contribution >= 0.6 is 0 Å². The molecule has 1 heterocycles. The number of carbonyl (C=O) groups is 2. The van der Waals surface area contributed by atoms with Crippen molar-refractivity contribution in [3.8, 4) is 0 Å². The molecule has 1 aromatic rings. The van der Waals surface area contributed by atoms with Gasteiger partial charge in [0.1, 0.15) is 6.10 Å². The molecule has 132 valence electrons. The minimum Gasteiger partial charge on any atom is -0.442 e. The molecule has 1 aromatic carbocycles. The van der Waals surface area contributed by atoms with Crippen LogP contribution in [0.3, 0.4) is 0 Å². The molecule has 6 heteroatoms. The van der Waals surface area contributed by atoms with Gasteiger partial charge in [0.15, 0.2) is 0 Å². The van der Waals surface area contributed by atoms with Crippen molar-refractivity contribution in [1.29, 1.82) is 0 Å². The SMILES string of the molecule is CC(=O)NC[C@H]1CN(c2ccc(C3=CC4C(CO)C4C3)cc2)C(=O)O1.